The summed E-state index contributed by atoms with van der Waals surface area (Å²) in [5.74, 6) is 0.418. The molecule has 0 aliphatic rings. The summed E-state index contributed by atoms with van der Waals surface area (Å²) in [6.45, 7) is 0. The number of fused-ring (bicyclic) bond motifs is 1. The first-order valence-corrected chi connectivity index (χ1v) is 5.01. The average molecular weight is 235 g/mol. The van der Waals surface area contributed by atoms with E-state index in [1.165, 1.54) is 4.80 Å². The topological polar surface area (TPSA) is 61.4 Å². The van der Waals surface area contributed by atoms with Gasteiger partial charge in [0.25, 0.3) is 5.95 Å². The molecule has 0 unspecified atom stereocenters. The lowest BCUT2D eigenvalue weighted by molar-refractivity contribution is 0.629. The van der Waals surface area contributed by atoms with Gasteiger partial charge < -0.3 is 0 Å². The summed E-state index contributed by atoms with van der Waals surface area (Å²) in [7, 11) is 1.70. The van der Waals surface area contributed by atoms with Crippen LogP contribution in [0.4, 0.5) is 0 Å². The minimum Gasteiger partial charge on any atom is -0.248 e. The van der Waals surface area contributed by atoms with Crippen LogP contribution in [0, 0.1) is 0 Å². The predicted octanol–water partition coefficient (Wildman–Crippen LogP) is 1.20. The molecular weight excluding hydrogens is 228 g/mol. The van der Waals surface area contributed by atoms with Gasteiger partial charge in [0.05, 0.1) is 18.1 Å². The van der Waals surface area contributed by atoms with E-state index in [-0.39, 0.29) is 0 Å². The van der Waals surface area contributed by atoms with Gasteiger partial charge in [-0.05, 0) is 28.9 Å². The smallest absolute Gasteiger partial charge is 0.248 e. The van der Waals surface area contributed by atoms with E-state index in [4.69, 9.17) is 11.6 Å². The Morgan fingerprint density at radius 1 is 1.25 bits per heavy atom. The molecule has 7 heteroatoms. The van der Waals surface area contributed by atoms with Gasteiger partial charge in [-0.15, -0.1) is 5.10 Å². The van der Waals surface area contributed by atoms with Crippen LogP contribution in [0.2, 0.25) is 5.28 Å². The van der Waals surface area contributed by atoms with Crippen molar-refractivity contribution in [3.8, 4) is 5.95 Å². The summed E-state index contributed by atoms with van der Waals surface area (Å²) in [6.07, 6.45) is 0. The normalized spacial score (nSPS) is 11.1. The molecule has 0 atom stereocenters. The number of imidazole rings is 1. The maximum atomic E-state index is 6.05. The molecule has 3 rings (SSSR count). The molecule has 0 N–H and O–H groups in total. The highest BCUT2D eigenvalue weighted by Crippen LogP contribution is 2.21. The molecule has 0 aliphatic heterocycles. The third kappa shape index (κ3) is 1.27. The third-order valence-corrected chi connectivity index (χ3v) is 2.47. The SMILES string of the molecule is Cn1nnc(-n2c(Cl)nc3ccccc32)n1. The molecule has 0 radical (unpaired) electrons. The third-order valence-electron chi connectivity index (χ3n) is 2.22. The van der Waals surface area contributed by atoms with E-state index in [9.17, 15) is 0 Å². The van der Waals surface area contributed by atoms with E-state index in [2.05, 4.69) is 20.4 Å². The zero-order valence-electron chi connectivity index (χ0n) is 8.37. The van der Waals surface area contributed by atoms with Crippen LogP contribution in [0.15, 0.2) is 24.3 Å². The van der Waals surface area contributed by atoms with Gasteiger partial charge in [-0.3, -0.25) is 0 Å². The summed E-state index contributed by atoms with van der Waals surface area (Å²) in [4.78, 5) is 5.59. The van der Waals surface area contributed by atoms with Crippen LogP contribution in [0.25, 0.3) is 17.0 Å². The fourth-order valence-electron chi connectivity index (χ4n) is 1.55. The Morgan fingerprint density at radius 2 is 2.06 bits per heavy atom. The lowest BCUT2D eigenvalue weighted by Crippen LogP contribution is -1.98. The van der Waals surface area contributed by atoms with Crippen molar-refractivity contribution in [1.82, 2.24) is 29.8 Å². The Balaban J connectivity index is 2.34. The number of para-hydroxylation sites is 2. The molecule has 3 aromatic rings. The Hall–Kier alpha value is -1.95. The van der Waals surface area contributed by atoms with Crippen molar-refractivity contribution < 1.29 is 0 Å². The Bertz CT molecular complexity index is 655. The molecule has 2 aromatic heterocycles. The van der Waals surface area contributed by atoms with E-state index in [1.54, 1.807) is 11.6 Å². The molecule has 0 fully saturated rings. The van der Waals surface area contributed by atoms with Gasteiger partial charge in [0.2, 0.25) is 5.28 Å². The average Bonchev–Trinajstić information content (AvgIpc) is 2.80. The monoisotopic (exact) mass is 234 g/mol. The molecule has 0 amide bonds. The maximum Gasteiger partial charge on any atom is 0.276 e. The standard InChI is InChI=1S/C9H7ClN6/c1-15-13-9(12-14-15)16-7-5-3-2-4-6(7)11-8(16)10/h2-5H,1H3. The molecule has 2 heterocycles. The van der Waals surface area contributed by atoms with Crippen molar-refractivity contribution >= 4 is 22.6 Å². The van der Waals surface area contributed by atoms with Crippen LogP contribution in [-0.2, 0) is 7.05 Å². The first kappa shape index (κ1) is 9.29. The fourth-order valence-corrected chi connectivity index (χ4v) is 1.81. The summed E-state index contributed by atoms with van der Waals surface area (Å²) in [5.41, 5.74) is 1.67. The lowest BCUT2D eigenvalue weighted by Gasteiger charge is -1.97. The van der Waals surface area contributed by atoms with Crippen LogP contribution in [0.5, 0.6) is 0 Å². The molecule has 1 aromatic carbocycles. The Labute approximate surface area is 95.5 Å². The van der Waals surface area contributed by atoms with E-state index < -0.39 is 0 Å². The summed E-state index contributed by atoms with van der Waals surface area (Å²) in [6, 6.07) is 7.60. The van der Waals surface area contributed by atoms with Crippen molar-refractivity contribution in [3.63, 3.8) is 0 Å². The number of benzene rings is 1. The van der Waals surface area contributed by atoms with E-state index >= 15 is 0 Å². The zero-order chi connectivity index (χ0) is 11.1. The molecule has 0 saturated heterocycles. The predicted molar refractivity (Wildman–Crippen MR) is 58.4 cm³/mol. The molecule has 0 aliphatic carbocycles. The van der Waals surface area contributed by atoms with Gasteiger partial charge in [-0.2, -0.15) is 4.80 Å². The summed E-state index contributed by atoms with van der Waals surface area (Å²) >= 11 is 6.05. The van der Waals surface area contributed by atoms with E-state index in [0.29, 0.717) is 11.2 Å². The number of tetrazole rings is 1. The molecule has 16 heavy (non-hydrogen) atoms. The number of hydrogen-bond acceptors (Lipinski definition) is 4. The summed E-state index contributed by atoms with van der Waals surface area (Å²) < 4.78 is 1.66. The van der Waals surface area contributed by atoms with Crippen LogP contribution in [0.3, 0.4) is 0 Å². The van der Waals surface area contributed by atoms with Gasteiger partial charge >= 0.3 is 0 Å². The molecular formula is C9H7ClN6. The van der Waals surface area contributed by atoms with Gasteiger partial charge in [0, 0.05) is 0 Å². The van der Waals surface area contributed by atoms with Crippen LogP contribution < -0.4 is 0 Å². The lowest BCUT2D eigenvalue weighted by atomic mass is 10.3. The number of aryl methyl sites for hydroxylation is 1. The maximum absolute atomic E-state index is 6.05. The molecule has 0 spiro atoms. The van der Waals surface area contributed by atoms with E-state index in [1.807, 2.05) is 24.3 Å². The number of hydrogen-bond donors (Lipinski definition) is 0. The largest absolute Gasteiger partial charge is 0.276 e. The number of aromatic nitrogens is 6. The van der Waals surface area contributed by atoms with E-state index in [0.717, 1.165) is 11.0 Å². The second-order valence-electron chi connectivity index (χ2n) is 3.28. The molecule has 0 saturated carbocycles. The molecule has 0 bridgehead atoms. The van der Waals surface area contributed by atoms with Gasteiger partial charge in [0.1, 0.15) is 0 Å². The quantitative estimate of drug-likeness (QED) is 0.635. The number of rotatable bonds is 1. The zero-order valence-corrected chi connectivity index (χ0v) is 9.13. The molecule has 6 nitrogen and oxygen atoms in total. The minimum absolute atomic E-state index is 0.328. The minimum atomic E-state index is 0.328. The van der Waals surface area contributed by atoms with Crippen LogP contribution in [-0.4, -0.2) is 29.8 Å². The van der Waals surface area contributed by atoms with Crippen molar-refractivity contribution in [1.29, 1.82) is 0 Å². The Morgan fingerprint density at radius 3 is 2.81 bits per heavy atom. The first-order chi connectivity index (χ1) is 7.75. The fraction of sp³-hybridized carbons (Fsp3) is 0.111. The van der Waals surface area contributed by atoms with Gasteiger partial charge in [-0.1, -0.05) is 17.2 Å². The van der Waals surface area contributed by atoms with Crippen LogP contribution in [0.1, 0.15) is 0 Å². The summed E-state index contributed by atoms with van der Waals surface area (Å²) in [5, 5.41) is 12.1. The highest BCUT2D eigenvalue weighted by atomic mass is 35.5. The number of halogens is 1. The first-order valence-electron chi connectivity index (χ1n) is 4.63. The highest BCUT2D eigenvalue weighted by Gasteiger charge is 2.13. The second kappa shape index (κ2) is 3.28. The van der Waals surface area contributed by atoms with Gasteiger partial charge in [-0.25, -0.2) is 9.55 Å². The van der Waals surface area contributed by atoms with Gasteiger partial charge in [0.15, 0.2) is 0 Å². The Kier molecular flexibility index (Phi) is 1.90. The van der Waals surface area contributed by atoms with Crippen LogP contribution >= 0.6 is 11.6 Å². The molecule has 80 valence electrons. The van der Waals surface area contributed by atoms with Crippen molar-refractivity contribution in [2.24, 2.45) is 7.05 Å². The highest BCUT2D eigenvalue weighted by molar-refractivity contribution is 6.29. The van der Waals surface area contributed by atoms with Crippen molar-refractivity contribution in [2.45, 2.75) is 0 Å². The number of nitrogens with zero attached hydrogens (tertiary/aromatic N) is 6. The van der Waals surface area contributed by atoms with Crippen molar-refractivity contribution in [3.05, 3.63) is 29.5 Å². The second-order valence-corrected chi connectivity index (χ2v) is 3.62. The van der Waals surface area contributed by atoms with Crippen molar-refractivity contribution in [2.75, 3.05) is 0 Å².